The van der Waals surface area contributed by atoms with Crippen LogP contribution in [0.3, 0.4) is 0 Å². The van der Waals surface area contributed by atoms with Crippen LogP contribution in [0.15, 0.2) is 4.42 Å². The van der Waals surface area contributed by atoms with Gasteiger partial charge in [0, 0.05) is 13.0 Å². The Kier molecular flexibility index (Phi) is 2.70. The van der Waals surface area contributed by atoms with Crippen molar-refractivity contribution < 1.29 is 9.21 Å². The molecule has 1 aromatic heterocycles. The van der Waals surface area contributed by atoms with Gasteiger partial charge in [-0.25, -0.2) is 4.98 Å². The van der Waals surface area contributed by atoms with Gasteiger partial charge in [-0.3, -0.25) is 4.79 Å². The van der Waals surface area contributed by atoms with Gasteiger partial charge in [0.05, 0.1) is 5.69 Å². The summed E-state index contributed by atoms with van der Waals surface area (Å²) in [5.41, 5.74) is 0.635. The minimum absolute atomic E-state index is 0.109. The lowest BCUT2D eigenvalue weighted by Gasteiger charge is -2.05. The summed E-state index contributed by atoms with van der Waals surface area (Å²) in [7, 11) is 0. The summed E-state index contributed by atoms with van der Waals surface area (Å²) in [6.45, 7) is 7.28. The fourth-order valence-corrected chi connectivity index (χ4v) is 1.07. The van der Waals surface area contributed by atoms with Crippen molar-refractivity contribution in [2.45, 2.75) is 33.7 Å². The van der Waals surface area contributed by atoms with Crippen LogP contribution in [0, 0.1) is 13.8 Å². The Morgan fingerprint density at radius 3 is 2.46 bits per heavy atom. The zero-order chi connectivity index (χ0) is 10.0. The number of rotatable bonds is 2. The number of hydrogen-bond donors (Lipinski definition) is 1. The molecular formula is C9H14N2O2. The molecule has 1 N–H and O–H groups in total. The van der Waals surface area contributed by atoms with E-state index in [1.165, 1.54) is 0 Å². The lowest BCUT2D eigenvalue weighted by Crippen LogP contribution is -2.30. The molecule has 0 atom stereocenters. The fourth-order valence-electron chi connectivity index (χ4n) is 1.07. The van der Waals surface area contributed by atoms with Crippen molar-refractivity contribution in [2.75, 3.05) is 0 Å². The number of amides is 1. The molecule has 0 aliphatic rings. The molecule has 0 saturated heterocycles. The van der Waals surface area contributed by atoms with Gasteiger partial charge in [0.15, 0.2) is 5.89 Å². The summed E-state index contributed by atoms with van der Waals surface area (Å²) < 4.78 is 5.15. The lowest BCUT2D eigenvalue weighted by molar-refractivity contribution is 0.0913. The molecule has 4 nitrogen and oxygen atoms in total. The summed E-state index contributed by atoms with van der Waals surface area (Å²) >= 11 is 0. The molecule has 0 aromatic carbocycles. The molecule has 4 heteroatoms. The van der Waals surface area contributed by atoms with Crippen LogP contribution in [0.4, 0.5) is 0 Å². The predicted molar refractivity (Wildman–Crippen MR) is 48.6 cm³/mol. The van der Waals surface area contributed by atoms with Gasteiger partial charge in [-0.2, -0.15) is 0 Å². The number of carbonyl (C=O) groups excluding carboxylic acids is 1. The van der Waals surface area contributed by atoms with Crippen LogP contribution in [0.5, 0.6) is 0 Å². The Morgan fingerprint density at radius 1 is 1.46 bits per heavy atom. The first kappa shape index (κ1) is 9.77. The number of hydrogen-bond acceptors (Lipinski definition) is 3. The van der Waals surface area contributed by atoms with Gasteiger partial charge < -0.3 is 9.73 Å². The van der Waals surface area contributed by atoms with Crippen molar-refractivity contribution in [1.82, 2.24) is 10.3 Å². The van der Waals surface area contributed by atoms with Gasteiger partial charge in [-0.05, 0) is 20.8 Å². The average molecular weight is 182 g/mol. The van der Waals surface area contributed by atoms with Gasteiger partial charge in [0.25, 0.3) is 5.91 Å². The van der Waals surface area contributed by atoms with E-state index in [2.05, 4.69) is 10.3 Å². The molecular weight excluding hydrogens is 168 g/mol. The third-order valence-corrected chi connectivity index (χ3v) is 1.53. The Labute approximate surface area is 77.3 Å². The first-order valence-corrected chi connectivity index (χ1v) is 4.25. The monoisotopic (exact) mass is 182 g/mol. The third kappa shape index (κ3) is 2.31. The maximum Gasteiger partial charge on any atom is 0.289 e. The first-order chi connectivity index (χ1) is 6.00. The minimum atomic E-state index is -0.201. The number of nitrogens with zero attached hydrogens (tertiary/aromatic N) is 1. The Bertz CT molecular complexity index is 315. The van der Waals surface area contributed by atoms with E-state index in [9.17, 15) is 4.79 Å². The molecule has 13 heavy (non-hydrogen) atoms. The van der Waals surface area contributed by atoms with Crippen molar-refractivity contribution in [3.05, 3.63) is 17.3 Å². The number of aromatic nitrogens is 1. The van der Waals surface area contributed by atoms with Crippen molar-refractivity contribution in [3.63, 3.8) is 0 Å². The summed E-state index contributed by atoms with van der Waals surface area (Å²) in [4.78, 5) is 15.5. The second kappa shape index (κ2) is 3.60. The highest BCUT2D eigenvalue weighted by Crippen LogP contribution is 2.08. The van der Waals surface area contributed by atoms with Gasteiger partial charge in [0.1, 0.15) is 0 Å². The molecule has 0 radical (unpaired) electrons. The number of nitrogens with one attached hydrogen (secondary N) is 1. The summed E-state index contributed by atoms with van der Waals surface area (Å²) in [6, 6.07) is 0.109. The van der Waals surface area contributed by atoms with E-state index in [0.717, 1.165) is 0 Å². The average Bonchev–Trinajstić information content (AvgIpc) is 2.28. The molecule has 1 aromatic rings. The van der Waals surface area contributed by atoms with Crippen molar-refractivity contribution >= 4 is 5.91 Å². The number of oxazole rings is 1. The number of carbonyl (C=O) groups is 1. The molecule has 0 aliphatic carbocycles. The standard InChI is InChI=1S/C9H14N2O2/c1-5(2)10-9(12)8-6(3)11-7(4)13-8/h5H,1-4H3,(H,10,12). The highest BCUT2D eigenvalue weighted by molar-refractivity contribution is 5.92. The van der Waals surface area contributed by atoms with E-state index in [1.807, 2.05) is 13.8 Å². The Balaban J connectivity index is 2.82. The first-order valence-electron chi connectivity index (χ1n) is 4.25. The van der Waals surface area contributed by atoms with Crippen LogP contribution in [0.2, 0.25) is 0 Å². The molecule has 0 spiro atoms. The van der Waals surface area contributed by atoms with E-state index in [0.29, 0.717) is 17.3 Å². The van der Waals surface area contributed by atoms with E-state index < -0.39 is 0 Å². The molecule has 0 fully saturated rings. The van der Waals surface area contributed by atoms with Crippen LogP contribution in [0.1, 0.15) is 36.0 Å². The second-order valence-electron chi connectivity index (χ2n) is 3.28. The van der Waals surface area contributed by atoms with E-state index >= 15 is 0 Å². The molecule has 0 bridgehead atoms. The van der Waals surface area contributed by atoms with Crippen LogP contribution < -0.4 is 5.32 Å². The highest BCUT2D eigenvalue weighted by atomic mass is 16.4. The van der Waals surface area contributed by atoms with Crippen LogP contribution in [-0.2, 0) is 0 Å². The molecule has 1 amide bonds. The van der Waals surface area contributed by atoms with Crippen molar-refractivity contribution in [2.24, 2.45) is 0 Å². The van der Waals surface area contributed by atoms with Crippen LogP contribution in [0.25, 0.3) is 0 Å². The number of aryl methyl sites for hydroxylation is 2. The van der Waals surface area contributed by atoms with E-state index in [4.69, 9.17) is 4.42 Å². The van der Waals surface area contributed by atoms with Crippen LogP contribution in [-0.4, -0.2) is 16.9 Å². The van der Waals surface area contributed by atoms with Gasteiger partial charge >= 0.3 is 0 Å². The van der Waals surface area contributed by atoms with Crippen LogP contribution >= 0.6 is 0 Å². The van der Waals surface area contributed by atoms with Crippen molar-refractivity contribution in [3.8, 4) is 0 Å². The molecule has 0 aliphatic heterocycles. The SMILES string of the molecule is Cc1nc(C)c(C(=O)NC(C)C)o1. The van der Waals surface area contributed by atoms with E-state index in [-0.39, 0.29) is 11.9 Å². The molecule has 0 unspecified atom stereocenters. The molecule has 1 heterocycles. The Morgan fingerprint density at radius 2 is 2.08 bits per heavy atom. The topological polar surface area (TPSA) is 55.1 Å². The maximum atomic E-state index is 11.4. The predicted octanol–water partition coefficient (Wildman–Crippen LogP) is 1.43. The smallest absolute Gasteiger partial charge is 0.289 e. The zero-order valence-corrected chi connectivity index (χ0v) is 8.34. The van der Waals surface area contributed by atoms with Gasteiger partial charge in [0.2, 0.25) is 5.76 Å². The molecule has 0 saturated carbocycles. The molecule has 1 rings (SSSR count). The maximum absolute atomic E-state index is 11.4. The Hall–Kier alpha value is -1.32. The largest absolute Gasteiger partial charge is 0.436 e. The second-order valence-corrected chi connectivity index (χ2v) is 3.28. The fraction of sp³-hybridized carbons (Fsp3) is 0.556. The van der Waals surface area contributed by atoms with Gasteiger partial charge in [-0.1, -0.05) is 0 Å². The lowest BCUT2D eigenvalue weighted by atomic mass is 10.3. The summed E-state index contributed by atoms with van der Waals surface area (Å²) in [6.07, 6.45) is 0. The van der Waals surface area contributed by atoms with Gasteiger partial charge in [-0.15, -0.1) is 0 Å². The summed E-state index contributed by atoms with van der Waals surface area (Å²) in [5.74, 6) is 0.630. The van der Waals surface area contributed by atoms with E-state index in [1.54, 1.807) is 13.8 Å². The quantitative estimate of drug-likeness (QED) is 0.752. The third-order valence-electron chi connectivity index (χ3n) is 1.53. The van der Waals surface area contributed by atoms with Crippen molar-refractivity contribution in [1.29, 1.82) is 0 Å². The highest BCUT2D eigenvalue weighted by Gasteiger charge is 2.15. The minimum Gasteiger partial charge on any atom is -0.436 e. The zero-order valence-electron chi connectivity index (χ0n) is 8.34. The molecule has 72 valence electrons. The summed E-state index contributed by atoms with van der Waals surface area (Å²) in [5, 5.41) is 2.74. The normalized spacial score (nSPS) is 10.5.